The van der Waals surface area contributed by atoms with Crippen molar-refractivity contribution in [2.45, 2.75) is 20.5 Å². The summed E-state index contributed by atoms with van der Waals surface area (Å²) in [7, 11) is 0. The molecule has 0 saturated carbocycles. The van der Waals surface area contributed by atoms with E-state index in [1.54, 1.807) is 0 Å². The first-order valence-corrected chi connectivity index (χ1v) is 13.1. The van der Waals surface area contributed by atoms with Crippen molar-refractivity contribution in [3.8, 4) is 11.5 Å². The van der Waals surface area contributed by atoms with Crippen LogP contribution in [-0.4, -0.2) is 43.6 Å². The standard InChI is InChI=1S/C31H31ClN2O3/c1-3-36-30-13-10-25(18-26(30)21-37-28-12-9-23-6-4-5-7-24(23)19-28)31(35)34-16-14-33(15-17-34)29-20-27(32)11-8-22(29)2/h4-13,18-20H,3,14-17,21H2,1-2H3. The number of fused-ring (bicyclic) bond motifs is 1. The van der Waals surface area contributed by atoms with Crippen LogP contribution in [0.3, 0.4) is 0 Å². The zero-order valence-electron chi connectivity index (χ0n) is 21.2. The molecule has 5 nitrogen and oxygen atoms in total. The fourth-order valence-corrected chi connectivity index (χ4v) is 4.96. The van der Waals surface area contributed by atoms with Crippen molar-refractivity contribution in [2.24, 2.45) is 0 Å². The van der Waals surface area contributed by atoms with Gasteiger partial charge in [0.1, 0.15) is 18.1 Å². The van der Waals surface area contributed by atoms with E-state index in [2.05, 4.69) is 30.0 Å². The predicted octanol–water partition coefficient (Wildman–Crippen LogP) is 6.74. The van der Waals surface area contributed by atoms with Gasteiger partial charge in [-0.1, -0.05) is 48.0 Å². The second kappa shape index (κ2) is 11.1. The quantitative estimate of drug-likeness (QED) is 0.274. The van der Waals surface area contributed by atoms with Gasteiger partial charge in [-0.2, -0.15) is 0 Å². The minimum Gasteiger partial charge on any atom is -0.493 e. The Balaban J connectivity index is 1.28. The molecule has 1 aliphatic heterocycles. The van der Waals surface area contributed by atoms with E-state index in [0.29, 0.717) is 31.9 Å². The number of piperazine rings is 1. The van der Waals surface area contributed by atoms with Crippen molar-refractivity contribution in [3.63, 3.8) is 0 Å². The number of rotatable bonds is 7. The maximum absolute atomic E-state index is 13.4. The van der Waals surface area contributed by atoms with Crippen LogP contribution >= 0.6 is 11.6 Å². The van der Waals surface area contributed by atoms with E-state index >= 15 is 0 Å². The van der Waals surface area contributed by atoms with Crippen LogP contribution in [0.2, 0.25) is 5.02 Å². The highest BCUT2D eigenvalue weighted by molar-refractivity contribution is 6.30. The van der Waals surface area contributed by atoms with E-state index in [0.717, 1.165) is 46.2 Å². The van der Waals surface area contributed by atoms with Crippen LogP contribution in [0.4, 0.5) is 5.69 Å². The van der Waals surface area contributed by atoms with E-state index in [9.17, 15) is 4.79 Å². The molecule has 6 heteroatoms. The normalized spacial score (nSPS) is 13.6. The number of carbonyl (C=O) groups excluding carboxylic acids is 1. The number of amides is 1. The predicted molar refractivity (Wildman–Crippen MR) is 150 cm³/mol. The van der Waals surface area contributed by atoms with Gasteiger partial charge in [-0.15, -0.1) is 0 Å². The van der Waals surface area contributed by atoms with Crippen molar-refractivity contribution < 1.29 is 14.3 Å². The number of nitrogens with zero attached hydrogens (tertiary/aromatic N) is 2. The van der Waals surface area contributed by atoms with Crippen LogP contribution < -0.4 is 14.4 Å². The average molecular weight is 515 g/mol. The average Bonchev–Trinajstić information content (AvgIpc) is 2.93. The Kier molecular flexibility index (Phi) is 7.52. The molecule has 0 unspecified atom stereocenters. The number of hydrogen-bond donors (Lipinski definition) is 0. The number of benzene rings is 4. The number of carbonyl (C=O) groups is 1. The second-order valence-electron chi connectivity index (χ2n) is 9.26. The number of aryl methyl sites for hydroxylation is 1. The summed E-state index contributed by atoms with van der Waals surface area (Å²) >= 11 is 6.22. The van der Waals surface area contributed by atoms with Crippen LogP contribution in [0.5, 0.6) is 11.5 Å². The summed E-state index contributed by atoms with van der Waals surface area (Å²) in [5.41, 5.74) is 3.82. The summed E-state index contributed by atoms with van der Waals surface area (Å²) < 4.78 is 12.0. The van der Waals surface area contributed by atoms with Crippen molar-refractivity contribution in [1.82, 2.24) is 4.90 Å². The van der Waals surface area contributed by atoms with Gasteiger partial charge in [0.2, 0.25) is 0 Å². The highest BCUT2D eigenvalue weighted by Gasteiger charge is 2.24. The molecule has 0 N–H and O–H groups in total. The molecule has 0 spiro atoms. The maximum atomic E-state index is 13.4. The summed E-state index contributed by atoms with van der Waals surface area (Å²) in [6.45, 7) is 7.74. The molecule has 190 valence electrons. The number of anilines is 1. The molecule has 0 aliphatic carbocycles. The second-order valence-corrected chi connectivity index (χ2v) is 9.70. The first kappa shape index (κ1) is 25.0. The minimum absolute atomic E-state index is 0.0254. The molecule has 0 atom stereocenters. The van der Waals surface area contributed by atoms with Crippen LogP contribution in [0.1, 0.15) is 28.4 Å². The van der Waals surface area contributed by atoms with E-state index in [4.69, 9.17) is 21.1 Å². The van der Waals surface area contributed by atoms with Crippen LogP contribution in [0.25, 0.3) is 10.8 Å². The third-order valence-corrected chi connectivity index (χ3v) is 7.04. The van der Waals surface area contributed by atoms with Gasteiger partial charge in [0.25, 0.3) is 5.91 Å². The molecule has 1 fully saturated rings. The Labute approximate surface area is 223 Å². The number of hydrogen-bond acceptors (Lipinski definition) is 4. The van der Waals surface area contributed by atoms with Crippen molar-refractivity contribution in [1.29, 1.82) is 0 Å². The Morgan fingerprint density at radius 2 is 1.65 bits per heavy atom. The van der Waals surface area contributed by atoms with Gasteiger partial charge in [-0.25, -0.2) is 0 Å². The number of ether oxygens (including phenoxy) is 2. The van der Waals surface area contributed by atoms with Gasteiger partial charge in [-0.05, 0) is 72.6 Å². The highest BCUT2D eigenvalue weighted by atomic mass is 35.5. The van der Waals surface area contributed by atoms with Gasteiger partial charge in [0, 0.05) is 48.0 Å². The number of halogens is 1. The summed E-state index contributed by atoms with van der Waals surface area (Å²) in [6.07, 6.45) is 0. The third-order valence-electron chi connectivity index (χ3n) is 6.80. The Morgan fingerprint density at radius 3 is 2.43 bits per heavy atom. The molecule has 0 bridgehead atoms. The fraction of sp³-hybridized carbons (Fsp3) is 0.258. The SMILES string of the molecule is CCOc1ccc(C(=O)N2CCN(c3cc(Cl)ccc3C)CC2)cc1COc1ccc2ccccc2c1. The van der Waals surface area contributed by atoms with Crippen LogP contribution in [0, 0.1) is 6.92 Å². The van der Waals surface area contributed by atoms with Gasteiger partial charge in [0.15, 0.2) is 0 Å². The van der Waals surface area contributed by atoms with Gasteiger partial charge >= 0.3 is 0 Å². The lowest BCUT2D eigenvalue weighted by Gasteiger charge is -2.37. The molecule has 1 amide bonds. The molecule has 0 radical (unpaired) electrons. The Bertz CT molecular complexity index is 1410. The van der Waals surface area contributed by atoms with Gasteiger partial charge < -0.3 is 19.3 Å². The lowest BCUT2D eigenvalue weighted by atomic mass is 10.1. The zero-order chi connectivity index (χ0) is 25.8. The summed E-state index contributed by atoms with van der Waals surface area (Å²) in [4.78, 5) is 17.6. The van der Waals surface area contributed by atoms with Crippen molar-refractivity contribution in [2.75, 3.05) is 37.7 Å². The first-order valence-electron chi connectivity index (χ1n) is 12.7. The highest BCUT2D eigenvalue weighted by Crippen LogP contribution is 2.28. The van der Waals surface area contributed by atoms with Crippen molar-refractivity contribution >= 4 is 34.0 Å². The van der Waals surface area contributed by atoms with E-state index in [1.807, 2.05) is 72.5 Å². The minimum atomic E-state index is 0.0254. The molecule has 1 aliphatic rings. The molecule has 1 saturated heterocycles. The van der Waals surface area contributed by atoms with E-state index in [-0.39, 0.29) is 5.91 Å². The summed E-state index contributed by atoms with van der Waals surface area (Å²) in [5.74, 6) is 1.55. The molecule has 37 heavy (non-hydrogen) atoms. The molecule has 4 aromatic carbocycles. The van der Waals surface area contributed by atoms with Crippen LogP contribution in [-0.2, 0) is 6.61 Å². The lowest BCUT2D eigenvalue weighted by Crippen LogP contribution is -2.49. The maximum Gasteiger partial charge on any atom is 0.253 e. The fourth-order valence-electron chi connectivity index (χ4n) is 4.80. The summed E-state index contributed by atoms with van der Waals surface area (Å²) in [6, 6.07) is 25.8. The Hall–Kier alpha value is -3.70. The first-order chi connectivity index (χ1) is 18.0. The van der Waals surface area contributed by atoms with Crippen LogP contribution in [0.15, 0.2) is 78.9 Å². The van der Waals surface area contributed by atoms with E-state index < -0.39 is 0 Å². The summed E-state index contributed by atoms with van der Waals surface area (Å²) in [5, 5.41) is 3.02. The molecular weight excluding hydrogens is 484 g/mol. The van der Waals surface area contributed by atoms with Gasteiger partial charge in [0.05, 0.1) is 6.61 Å². The third kappa shape index (κ3) is 5.67. The van der Waals surface area contributed by atoms with Crippen molar-refractivity contribution in [3.05, 3.63) is 101 Å². The topological polar surface area (TPSA) is 42.0 Å². The largest absolute Gasteiger partial charge is 0.493 e. The zero-order valence-corrected chi connectivity index (χ0v) is 22.0. The van der Waals surface area contributed by atoms with Gasteiger partial charge in [-0.3, -0.25) is 4.79 Å². The monoisotopic (exact) mass is 514 g/mol. The molecular formula is C31H31ClN2O3. The molecule has 4 aromatic rings. The lowest BCUT2D eigenvalue weighted by molar-refractivity contribution is 0.0746. The molecule has 5 rings (SSSR count). The van der Waals surface area contributed by atoms with E-state index in [1.165, 1.54) is 10.9 Å². The Morgan fingerprint density at radius 1 is 0.865 bits per heavy atom. The smallest absolute Gasteiger partial charge is 0.253 e. The molecule has 0 aromatic heterocycles. The molecule has 1 heterocycles.